The monoisotopic (exact) mass is 318 g/mol. The molecule has 1 rings (SSSR count). The minimum absolute atomic E-state index is 0.210. The maximum Gasteiger partial charge on any atom is 0.163 e. The van der Waals surface area contributed by atoms with Crippen molar-refractivity contribution in [3.8, 4) is 0 Å². The minimum atomic E-state index is 0.210. The van der Waals surface area contributed by atoms with Crippen molar-refractivity contribution in [2.75, 3.05) is 5.33 Å². The topological polar surface area (TPSA) is 17.1 Å². The van der Waals surface area contributed by atoms with Crippen LogP contribution in [-0.2, 0) is 5.33 Å². The van der Waals surface area contributed by atoms with Gasteiger partial charge in [0.2, 0.25) is 0 Å². The molecular weight excluding hydrogens is 308 g/mol. The Bertz CT molecular complexity index is 334. The van der Waals surface area contributed by atoms with Crippen LogP contribution in [0.1, 0.15) is 27.9 Å². The summed E-state index contributed by atoms with van der Waals surface area (Å²) in [7, 11) is 0. The zero-order valence-corrected chi connectivity index (χ0v) is 11.2. The van der Waals surface area contributed by atoms with E-state index in [-0.39, 0.29) is 5.78 Å². The first-order chi connectivity index (χ1) is 6.70. The first kappa shape index (κ1) is 11.9. The number of hydrogen-bond acceptors (Lipinski definition) is 1. The lowest BCUT2D eigenvalue weighted by molar-refractivity contribution is 0.0989. The summed E-state index contributed by atoms with van der Waals surface area (Å²) in [6.45, 7) is 2.00. The Kier molecular flexibility index (Phi) is 4.82. The maximum absolute atomic E-state index is 11.7. The maximum atomic E-state index is 11.7. The predicted molar refractivity (Wildman–Crippen MR) is 66.6 cm³/mol. The standard InChI is InChI=1S/C11H12Br2O/c1-8-9(7-13)3-2-4-10(8)11(14)5-6-12/h2-4H,5-7H2,1H3. The Morgan fingerprint density at radius 2 is 2.07 bits per heavy atom. The van der Waals surface area contributed by atoms with E-state index in [1.165, 1.54) is 5.56 Å². The molecule has 0 bridgehead atoms. The number of hydrogen-bond donors (Lipinski definition) is 0. The van der Waals surface area contributed by atoms with Gasteiger partial charge < -0.3 is 0 Å². The normalized spacial score (nSPS) is 10.2. The Labute approximate surface area is 101 Å². The van der Waals surface area contributed by atoms with Gasteiger partial charge in [-0.1, -0.05) is 50.1 Å². The van der Waals surface area contributed by atoms with Crippen LogP contribution >= 0.6 is 31.9 Å². The third-order valence-electron chi connectivity index (χ3n) is 2.21. The molecule has 0 radical (unpaired) electrons. The van der Waals surface area contributed by atoms with Crippen molar-refractivity contribution in [3.63, 3.8) is 0 Å². The lowest BCUT2D eigenvalue weighted by Gasteiger charge is -2.07. The van der Waals surface area contributed by atoms with Gasteiger partial charge in [-0.15, -0.1) is 0 Å². The van der Waals surface area contributed by atoms with Gasteiger partial charge in [-0.25, -0.2) is 0 Å². The highest BCUT2D eigenvalue weighted by Crippen LogP contribution is 2.18. The highest BCUT2D eigenvalue weighted by molar-refractivity contribution is 9.09. The zero-order chi connectivity index (χ0) is 10.6. The molecule has 0 aromatic heterocycles. The molecule has 0 atom stereocenters. The lowest BCUT2D eigenvalue weighted by atomic mass is 9.99. The van der Waals surface area contributed by atoms with Crippen LogP contribution in [0.3, 0.4) is 0 Å². The Hall–Kier alpha value is -0.150. The molecule has 0 amide bonds. The van der Waals surface area contributed by atoms with Crippen molar-refractivity contribution >= 4 is 37.6 Å². The Morgan fingerprint density at radius 3 is 2.64 bits per heavy atom. The summed E-state index contributed by atoms with van der Waals surface area (Å²) in [6.07, 6.45) is 0.562. The van der Waals surface area contributed by atoms with E-state index in [0.29, 0.717) is 6.42 Å². The molecule has 1 aromatic rings. The number of alkyl halides is 2. The van der Waals surface area contributed by atoms with Gasteiger partial charge in [0.15, 0.2) is 5.78 Å². The van der Waals surface area contributed by atoms with E-state index in [0.717, 1.165) is 21.8 Å². The van der Waals surface area contributed by atoms with Crippen LogP contribution in [-0.4, -0.2) is 11.1 Å². The summed E-state index contributed by atoms with van der Waals surface area (Å²) < 4.78 is 0. The van der Waals surface area contributed by atoms with E-state index in [2.05, 4.69) is 31.9 Å². The summed E-state index contributed by atoms with van der Waals surface area (Å²) in [5.41, 5.74) is 3.13. The van der Waals surface area contributed by atoms with Gasteiger partial charge in [0, 0.05) is 22.6 Å². The number of carbonyl (C=O) groups excluding carboxylic acids is 1. The number of rotatable bonds is 4. The van der Waals surface area contributed by atoms with Crippen molar-refractivity contribution in [2.24, 2.45) is 0 Å². The van der Waals surface area contributed by atoms with E-state index in [9.17, 15) is 4.79 Å². The molecule has 1 aromatic carbocycles. The minimum Gasteiger partial charge on any atom is -0.294 e. The van der Waals surface area contributed by atoms with Crippen molar-refractivity contribution < 1.29 is 4.79 Å². The van der Waals surface area contributed by atoms with Crippen LogP contribution in [0.5, 0.6) is 0 Å². The van der Waals surface area contributed by atoms with Gasteiger partial charge >= 0.3 is 0 Å². The van der Waals surface area contributed by atoms with Crippen molar-refractivity contribution in [2.45, 2.75) is 18.7 Å². The van der Waals surface area contributed by atoms with Gasteiger partial charge in [-0.2, -0.15) is 0 Å². The molecule has 0 N–H and O–H groups in total. The fourth-order valence-electron chi connectivity index (χ4n) is 1.35. The number of Topliss-reactive ketones (excluding diaryl/α,β-unsaturated/α-hetero) is 1. The molecule has 0 aliphatic rings. The van der Waals surface area contributed by atoms with Gasteiger partial charge in [0.1, 0.15) is 0 Å². The fraction of sp³-hybridized carbons (Fsp3) is 0.364. The second-order valence-corrected chi connectivity index (χ2v) is 4.44. The second kappa shape index (κ2) is 5.66. The summed E-state index contributed by atoms with van der Waals surface area (Å²) in [4.78, 5) is 11.7. The smallest absolute Gasteiger partial charge is 0.163 e. The van der Waals surface area contributed by atoms with Crippen LogP contribution in [0.15, 0.2) is 18.2 Å². The van der Waals surface area contributed by atoms with Crippen LogP contribution < -0.4 is 0 Å². The molecule has 0 saturated carbocycles. The first-order valence-electron chi connectivity index (χ1n) is 4.44. The summed E-state index contributed by atoms with van der Waals surface area (Å²) >= 11 is 6.69. The number of benzene rings is 1. The molecular formula is C11H12Br2O. The molecule has 1 nitrogen and oxygen atoms in total. The zero-order valence-electron chi connectivity index (χ0n) is 8.02. The summed E-state index contributed by atoms with van der Waals surface area (Å²) in [5.74, 6) is 0.210. The van der Waals surface area contributed by atoms with Crippen molar-refractivity contribution in [3.05, 3.63) is 34.9 Å². The van der Waals surface area contributed by atoms with Crippen LogP contribution in [0, 0.1) is 6.92 Å². The van der Waals surface area contributed by atoms with Crippen LogP contribution in [0.2, 0.25) is 0 Å². The number of halogens is 2. The SMILES string of the molecule is Cc1c(CBr)cccc1C(=O)CCBr. The van der Waals surface area contributed by atoms with Crippen LogP contribution in [0.25, 0.3) is 0 Å². The third-order valence-corrected chi connectivity index (χ3v) is 3.21. The molecule has 0 saturated heterocycles. The second-order valence-electron chi connectivity index (χ2n) is 3.09. The van der Waals surface area contributed by atoms with Crippen molar-refractivity contribution in [1.29, 1.82) is 0 Å². The van der Waals surface area contributed by atoms with Gasteiger partial charge in [-0.3, -0.25) is 4.79 Å². The molecule has 0 heterocycles. The Balaban J connectivity index is 3.03. The molecule has 0 unspecified atom stereocenters. The van der Waals surface area contributed by atoms with Crippen molar-refractivity contribution in [1.82, 2.24) is 0 Å². The highest BCUT2D eigenvalue weighted by atomic mass is 79.9. The van der Waals surface area contributed by atoms with E-state index in [1.54, 1.807) is 0 Å². The quantitative estimate of drug-likeness (QED) is 0.608. The van der Waals surface area contributed by atoms with E-state index in [4.69, 9.17) is 0 Å². The number of carbonyl (C=O) groups is 1. The van der Waals surface area contributed by atoms with Gasteiger partial charge in [-0.05, 0) is 18.1 Å². The first-order valence-corrected chi connectivity index (χ1v) is 6.68. The third kappa shape index (κ3) is 2.67. The summed E-state index contributed by atoms with van der Waals surface area (Å²) in [6, 6.07) is 5.87. The molecule has 14 heavy (non-hydrogen) atoms. The molecule has 0 spiro atoms. The molecule has 0 aliphatic carbocycles. The largest absolute Gasteiger partial charge is 0.294 e. The molecule has 0 fully saturated rings. The lowest BCUT2D eigenvalue weighted by Crippen LogP contribution is -2.03. The van der Waals surface area contributed by atoms with Crippen LogP contribution in [0.4, 0.5) is 0 Å². The predicted octanol–water partition coefficient (Wildman–Crippen LogP) is 3.86. The number of ketones is 1. The van der Waals surface area contributed by atoms with Gasteiger partial charge in [0.05, 0.1) is 0 Å². The van der Waals surface area contributed by atoms with E-state index < -0.39 is 0 Å². The average Bonchev–Trinajstić information content (AvgIpc) is 2.18. The van der Waals surface area contributed by atoms with E-state index in [1.807, 2.05) is 25.1 Å². The fourth-order valence-corrected chi connectivity index (χ4v) is 2.32. The van der Waals surface area contributed by atoms with Gasteiger partial charge in [0.25, 0.3) is 0 Å². The molecule has 0 aliphatic heterocycles. The molecule has 3 heteroatoms. The van der Waals surface area contributed by atoms with E-state index >= 15 is 0 Å². The molecule has 76 valence electrons. The Morgan fingerprint density at radius 1 is 1.36 bits per heavy atom. The highest BCUT2D eigenvalue weighted by Gasteiger charge is 2.09. The average molecular weight is 320 g/mol. The summed E-state index contributed by atoms with van der Waals surface area (Å²) in [5, 5.41) is 1.53.